The molecule has 0 spiro atoms. The first kappa shape index (κ1) is 16.6. The van der Waals surface area contributed by atoms with Gasteiger partial charge in [0.25, 0.3) is 5.91 Å². The molecule has 20 heavy (non-hydrogen) atoms. The summed E-state index contributed by atoms with van der Waals surface area (Å²) >= 11 is 1.13. The Kier molecular flexibility index (Phi) is 6.60. The molecule has 0 bridgehead atoms. The second kappa shape index (κ2) is 7.96. The van der Waals surface area contributed by atoms with Gasteiger partial charge in [0.1, 0.15) is 5.69 Å². The molecular formula is C13H21N3O3S. The molecule has 0 saturated carbocycles. The highest BCUT2D eigenvalue weighted by Gasteiger charge is 2.18. The van der Waals surface area contributed by atoms with Crippen molar-refractivity contribution in [1.29, 1.82) is 0 Å². The number of aromatic nitrogens is 1. The molecule has 0 atom stereocenters. The van der Waals surface area contributed by atoms with E-state index in [1.54, 1.807) is 24.3 Å². The number of amides is 1. The zero-order valence-corrected chi connectivity index (χ0v) is 13.2. The van der Waals surface area contributed by atoms with Gasteiger partial charge in [-0.1, -0.05) is 0 Å². The van der Waals surface area contributed by atoms with Gasteiger partial charge in [0, 0.05) is 19.0 Å². The largest absolute Gasteiger partial charge is 0.461 e. The highest BCUT2D eigenvalue weighted by atomic mass is 32.1. The van der Waals surface area contributed by atoms with Crippen LogP contribution in [0.25, 0.3) is 0 Å². The summed E-state index contributed by atoms with van der Waals surface area (Å²) in [6.45, 7) is 3.61. The Morgan fingerprint density at radius 3 is 2.60 bits per heavy atom. The number of hydrogen-bond acceptors (Lipinski definition) is 6. The lowest BCUT2D eigenvalue weighted by Crippen LogP contribution is -2.30. The molecule has 0 aliphatic carbocycles. The first-order valence-electron chi connectivity index (χ1n) is 6.48. The number of rotatable bonds is 7. The maximum Gasteiger partial charge on any atom is 0.367 e. The lowest BCUT2D eigenvalue weighted by molar-refractivity contribution is 0.0526. The van der Waals surface area contributed by atoms with Crippen LogP contribution in [0.3, 0.4) is 0 Å². The predicted molar refractivity (Wildman–Crippen MR) is 78.2 cm³/mol. The number of esters is 1. The van der Waals surface area contributed by atoms with Gasteiger partial charge in [0.2, 0.25) is 5.01 Å². The summed E-state index contributed by atoms with van der Waals surface area (Å²) in [7, 11) is 5.73. The average Bonchev–Trinajstić information content (AvgIpc) is 2.87. The van der Waals surface area contributed by atoms with E-state index in [-0.39, 0.29) is 10.9 Å². The van der Waals surface area contributed by atoms with Crippen LogP contribution in [0.5, 0.6) is 0 Å². The second-order valence-corrected chi connectivity index (χ2v) is 5.50. The van der Waals surface area contributed by atoms with Crippen molar-refractivity contribution in [1.82, 2.24) is 14.8 Å². The molecule has 1 heterocycles. The lowest BCUT2D eigenvalue weighted by Gasteiger charge is -2.17. The summed E-state index contributed by atoms with van der Waals surface area (Å²) in [5.41, 5.74) is 0.297. The Hall–Kier alpha value is -1.47. The predicted octanol–water partition coefficient (Wildman–Crippen LogP) is 1.34. The smallest absolute Gasteiger partial charge is 0.367 e. The zero-order chi connectivity index (χ0) is 15.1. The second-order valence-electron chi connectivity index (χ2n) is 4.64. The van der Waals surface area contributed by atoms with Gasteiger partial charge in [-0.2, -0.15) is 0 Å². The maximum atomic E-state index is 12.1. The topological polar surface area (TPSA) is 62.7 Å². The van der Waals surface area contributed by atoms with E-state index in [0.29, 0.717) is 18.8 Å². The van der Waals surface area contributed by atoms with E-state index in [4.69, 9.17) is 4.74 Å². The zero-order valence-electron chi connectivity index (χ0n) is 12.4. The van der Waals surface area contributed by atoms with Crippen LogP contribution < -0.4 is 0 Å². The summed E-state index contributed by atoms with van der Waals surface area (Å²) in [5, 5.41) is 1.81. The molecule has 0 aromatic carbocycles. The standard InChI is InChI=1S/C13H21N3O3S/c1-5-19-13(18)11-14-10(9-20-11)12(17)16(4)8-6-7-15(2)3/h9H,5-8H2,1-4H3. The van der Waals surface area contributed by atoms with Crippen molar-refractivity contribution in [3.8, 4) is 0 Å². The van der Waals surface area contributed by atoms with Gasteiger partial charge in [-0.05, 0) is 34.0 Å². The van der Waals surface area contributed by atoms with Gasteiger partial charge >= 0.3 is 5.97 Å². The molecular weight excluding hydrogens is 278 g/mol. The van der Waals surface area contributed by atoms with Crippen LogP contribution in [0.2, 0.25) is 0 Å². The van der Waals surface area contributed by atoms with Gasteiger partial charge in [0.05, 0.1) is 6.61 Å². The quantitative estimate of drug-likeness (QED) is 0.711. The Morgan fingerprint density at radius 1 is 1.30 bits per heavy atom. The SMILES string of the molecule is CCOC(=O)c1nc(C(=O)N(C)CCCN(C)C)cs1. The fourth-order valence-corrected chi connectivity index (χ4v) is 2.26. The fourth-order valence-electron chi connectivity index (χ4n) is 1.58. The molecule has 6 nitrogen and oxygen atoms in total. The summed E-state index contributed by atoms with van der Waals surface area (Å²) in [5.74, 6) is -0.651. The molecule has 1 aromatic rings. The first-order chi connectivity index (χ1) is 9.45. The van der Waals surface area contributed by atoms with E-state index >= 15 is 0 Å². The van der Waals surface area contributed by atoms with Crippen molar-refractivity contribution in [2.75, 3.05) is 40.8 Å². The minimum absolute atomic E-state index is 0.171. The Morgan fingerprint density at radius 2 is 2.00 bits per heavy atom. The number of ether oxygens (including phenoxy) is 1. The third kappa shape index (κ3) is 4.90. The molecule has 7 heteroatoms. The average molecular weight is 299 g/mol. The van der Waals surface area contributed by atoms with E-state index in [1.165, 1.54) is 0 Å². The van der Waals surface area contributed by atoms with Crippen LogP contribution in [0, 0.1) is 0 Å². The number of nitrogens with zero attached hydrogens (tertiary/aromatic N) is 3. The maximum absolute atomic E-state index is 12.1. The monoisotopic (exact) mass is 299 g/mol. The van der Waals surface area contributed by atoms with Crippen LogP contribution >= 0.6 is 11.3 Å². The van der Waals surface area contributed by atoms with E-state index in [1.807, 2.05) is 14.1 Å². The first-order valence-corrected chi connectivity index (χ1v) is 7.36. The molecule has 0 aliphatic rings. The third-order valence-electron chi connectivity index (χ3n) is 2.62. The normalized spacial score (nSPS) is 10.7. The number of thiazole rings is 1. The molecule has 0 fully saturated rings. The Bertz CT molecular complexity index is 459. The van der Waals surface area contributed by atoms with E-state index in [2.05, 4.69) is 9.88 Å². The van der Waals surface area contributed by atoms with Crippen molar-refractivity contribution in [3.05, 3.63) is 16.1 Å². The van der Waals surface area contributed by atoms with Crippen molar-refractivity contribution in [2.45, 2.75) is 13.3 Å². The van der Waals surface area contributed by atoms with Crippen molar-refractivity contribution in [3.63, 3.8) is 0 Å². The lowest BCUT2D eigenvalue weighted by atomic mass is 10.3. The minimum Gasteiger partial charge on any atom is -0.461 e. The molecule has 0 N–H and O–H groups in total. The summed E-state index contributed by atoms with van der Waals surface area (Å²) in [6, 6.07) is 0. The van der Waals surface area contributed by atoms with Crippen LogP contribution in [-0.4, -0.2) is 67.5 Å². The summed E-state index contributed by atoms with van der Waals surface area (Å²) in [6.07, 6.45) is 0.893. The number of hydrogen-bond donors (Lipinski definition) is 0. The molecule has 0 unspecified atom stereocenters. The highest BCUT2D eigenvalue weighted by molar-refractivity contribution is 7.11. The van der Waals surface area contributed by atoms with Crippen LogP contribution in [0.15, 0.2) is 5.38 Å². The summed E-state index contributed by atoms with van der Waals surface area (Å²) < 4.78 is 4.85. The molecule has 112 valence electrons. The Labute approximate surface area is 123 Å². The van der Waals surface area contributed by atoms with E-state index in [9.17, 15) is 9.59 Å². The molecule has 0 saturated heterocycles. The van der Waals surface area contributed by atoms with Crippen LogP contribution in [0.1, 0.15) is 33.6 Å². The molecule has 1 rings (SSSR count). The van der Waals surface area contributed by atoms with Crippen LogP contribution in [0.4, 0.5) is 0 Å². The van der Waals surface area contributed by atoms with Crippen molar-refractivity contribution < 1.29 is 14.3 Å². The third-order valence-corrected chi connectivity index (χ3v) is 3.44. The van der Waals surface area contributed by atoms with Crippen LogP contribution in [-0.2, 0) is 4.74 Å². The molecule has 0 aliphatic heterocycles. The van der Waals surface area contributed by atoms with Gasteiger partial charge in [-0.25, -0.2) is 9.78 Å². The fraction of sp³-hybridized carbons (Fsp3) is 0.615. The van der Waals surface area contributed by atoms with Crippen molar-refractivity contribution in [2.24, 2.45) is 0 Å². The van der Waals surface area contributed by atoms with E-state index in [0.717, 1.165) is 24.3 Å². The highest BCUT2D eigenvalue weighted by Crippen LogP contribution is 2.13. The molecule has 1 aromatic heterocycles. The minimum atomic E-state index is -0.480. The van der Waals surface area contributed by atoms with Gasteiger partial charge in [-0.15, -0.1) is 11.3 Å². The van der Waals surface area contributed by atoms with Gasteiger partial charge in [-0.3, -0.25) is 4.79 Å². The molecule has 1 amide bonds. The van der Waals surface area contributed by atoms with Crippen molar-refractivity contribution >= 4 is 23.2 Å². The van der Waals surface area contributed by atoms with E-state index < -0.39 is 5.97 Å². The number of carbonyl (C=O) groups is 2. The van der Waals surface area contributed by atoms with Gasteiger partial charge < -0.3 is 14.5 Å². The van der Waals surface area contributed by atoms with Gasteiger partial charge in [0.15, 0.2) is 0 Å². The molecule has 0 radical (unpaired) electrons. The number of carbonyl (C=O) groups excluding carboxylic acids is 2. The summed E-state index contributed by atoms with van der Waals surface area (Å²) in [4.78, 5) is 31.3. The Balaban J connectivity index is 2.56.